The molecule has 0 aliphatic carbocycles. The molecule has 1 heterocycles. The smallest absolute Gasteiger partial charge is 0.259 e. The maximum Gasteiger partial charge on any atom is 0.259 e. The van der Waals surface area contributed by atoms with Crippen LogP contribution in [-0.4, -0.2) is 30.9 Å². The number of anilines is 2. The fourth-order valence-corrected chi connectivity index (χ4v) is 2.73. The van der Waals surface area contributed by atoms with Crippen LogP contribution >= 0.6 is 0 Å². The Morgan fingerprint density at radius 1 is 0.955 bits per heavy atom. The van der Waals surface area contributed by atoms with Gasteiger partial charge in [0.2, 0.25) is 0 Å². The van der Waals surface area contributed by atoms with Gasteiger partial charge >= 0.3 is 0 Å². The first-order valence-electron chi connectivity index (χ1n) is 7.58. The van der Waals surface area contributed by atoms with Crippen molar-refractivity contribution in [1.29, 1.82) is 0 Å². The largest absolute Gasteiger partial charge is 0.302 e. The lowest BCUT2D eigenvalue weighted by Crippen LogP contribution is -2.35. The number of hydrogen-bond acceptors (Lipinski definition) is 2. The molecule has 0 saturated carbocycles. The van der Waals surface area contributed by atoms with Crippen LogP contribution in [0.15, 0.2) is 72.3 Å². The summed E-state index contributed by atoms with van der Waals surface area (Å²) in [5.41, 5.74) is 2.65. The quantitative estimate of drug-likeness (QED) is 0.862. The van der Waals surface area contributed by atoms with Crippen LogP contribution in [0.4, 0.5) is 11.4 Å². The standard InChI is InChI=1S/C19H20N2O/c1-20-14-8-9-16(15-20)19(22)21(17-10-4-2-5-11-17)18-12-6-3-7-13-18/h2-7,9-13H,8,14-15H2,1H3. The molecule has 3 rings (SSSR count). The Morgan fingerprint density at radius 3 is 2.00 bits per heavy atom. The minimum Gasteiger partial charge on any atom is -0.302 e. The average molecular weight is 292 g/mol. The molecule has 3 heteroatoms. The fraction of sp³-hybridized carbons (Fsp3) is 0.211. The van der Waals surface area contributed by atoms with Crippen molar-refractivity contribution in [2.75, 3.05) is 25.0 Å². The van der Waals surface area contributed by atoms with E-state index >= 15 is 0 Å². The van der Waals surface area contributed by atoms with Gasteiger partial charge < -0.3 is 4.90 Å². The van der Waals surface area contributed by atoms with E-state index in [1.165, 1.54) is 0 Å². The van der Waals surface area contributed by atoms with Crippen molar-refractivity contribution in [3.63, 3.8) is 0 Å². The van der Waals surface area contributed by atoms with E-state index in [1.54, 1.807) is 4.90 Å². The van der Waals surface area contributed by atoms with Crippen molar-refractivity contribution in [3.8, 4) is 0 Å². The van der Waals surface area contributed by atoms with E-state index in [-0.39, 0.29) is 5.91 Å². The minimum absolute atomic E-state index is 0.0592. The van der Waals surface area contributed by atoms with Crippen molar-refractivity contribution in [1.82, 2.24) is 4.90 Å². The third kappa shape index (κ3) is 3.10. The number of likely N-dealkylation sites (N-methyl/N-ethyl adjacent to an activating group) is 1. The summed E-state index contributed by atoms with van der Waals surface area (Å²) in [5.74, 6) is 0.0592. The van der Waals surface area contributed by atoms with E-state index in [1.807, 2.05) is 60.7 Å². The molecule has 0 spiro atoms. The van der Waals surface area contributed by atoms with Crippen molar-refractivity contribution >= 4 is 17.3 Å². The summed E-state index contributed by atoms with van der Waals surface area (Å²) in [6.07, 6.45) is 3.00. The molecule has 0 atom stereocenters. The molecule has 1 aliphatic heterocycles. The van der Waals surface area contributed by atoms with Crippen LogP contribution in [0.1, 0.15) is 6.42 Å². The fourth-order valence-electron chi connectivity index (χ4n) is 2.73. The molecule has 0 aromatic heterocycles. The number of nitrogens with zero attached hydrogens (tertiary/aromatic N) is 2. The number of amides is 1. The van der Waals surface area contributed by atoms with Crippen molar-refractivity contribution in [2.24, 2.45) is 0 Å². The monoisotopic (exact) mass is 292 g/mol. The number of hydrogen-bond donors (Lipinski definition) is 0. The van der Waals surface area contributed by atoms with Gasteiger partial charge in [-0.2, -0.15) is 0 Å². The van der Waals surface area contributed by atoms with Crippen LogP contribution in [0.2, 0.25) is 0 Å². The molecule has 3 nitrogen and oxygen atoms in total. The topological polar surface area (TPSA) is 23.6 Å². The molecule has 0 saturated heterocycles. The lowest BCUT2D eigenvalue weighted by atomic mass is 10.1. The summed E-state index contributed by atoms with van der Waals surface area (Å²) >= 11 is 0. The van der Waals surface area contributed by atoms with E-state index in [9.17, 15) is 4.79 Å². The van der Waals surface area contributed by atoms with Gasteiger partial charge in [-0.1, -0.05) is 42.5 Å². The van der Waals surface area contributed by atoms with Crippen LogP contribution < -0.4 is 4.90 Å². The molecule has 0 radical (unpaired) electrons. The summed E-state index contributed by atoms with van der Waals surface area (Å²) in [7, 11) is 2.05. The Morgan fingerprint density at radius 2 is 1.50 bits per heavy atom. The number of carbonyl (C=O) groups is 1. The maximum absolute atomic E-state index is 13.1. The lowest BCUT2D eigenvalue weighted by Gasteiger charge is -2.28. The van der Waals surface area contributed by atoms with Crippen molar-refractivity contribution in [3.05, 3.63) is 72.3 Å². The van der Waals surface area contributed by atoms with E-state index in [0.29, 0.717) is 6.54 Å². The van der Waals surface area contributed by atoms with Crippen LogP contribution in [-0.2, 0) is 4.79 Å². The number of para-hydroxylation sites is 2. The Kier molecular flexibility index (Phi) is 4.35. The normalized spacial score (nSPS) is 15.2. The number of benzene rings is 2. The Bertz CT molecular complexity index is 625. The highest BCUT2D eigenvalue weighted by molar-refractivity contribution is 6.10. The zero-order chi connectivity index (χ0) is 15.4. The zero-order valence-electron chi connectivity index (χ0n) is 12.8. The number of carbonyl (C=O) groups excluding carboxylic acids is 1. The molecule has 2 aromatic rings. The second kappa shape index (κ2) is 6.58. The van der Waals surface area contributed by atoms with Gasteiger partial charge in [-0.15, -0.1) is 0 Å². The third-order valence-electron chi connectivity index (χ3n) is 3.85. The van der Waals surface area contributed by atoms with Gasteiger partial charge in [-0.05, 0) is 37.7 Å². The van der Waals surface area contributed by atoms with E-state index < -0.39 is 0 Å². The summed E-state index contributed by atoms with van der Waals surface area (Å²) in [5, 5.41) is 0. The van der Waals surface area contributed by atoms with Gasteiger partial charge in [0.25, 0.3) is 5.91 Å². The molecule has 112 valence electrons. The molecule has 22 heavy (non-hydrogen) atoms. The highest BCUT2D eigenvalue weighted by Gasteiger charge is 2.23. The van der Waals surface area contributed by atoms with E-state index in [2.05, 4.69) is 18.0 Å². The molecular weight excluding hydrogens is 272 g/mol. The van der Waals surface area contributed by atoms with Gasteiger partial charge in [-0.25, -0.2) is 0 Å². The second-order valence-corrected chi connectivity index (χ2v) is 5.57. The van der Waals surface area contributed by atoms with E-state index in [4.69, 9.17) is 0 Å². The molecular formula is C19H20N2O. The Balaban J connectivity index is 1.99. The second-order valence-electron chi connectivity index (χ2n) is 5.57. The molecule has 0 N–H and O–H groups in total. The predicted octanol–water partition coefficient (Wildman–Crippen LogP) is 3.61. The predicted molar refractivity (Wildman–Crippen MR) is 90.2 cm³/mol. The Labute approximate surface area is 131 Å². The van der Waals surface area contributed by atoms with Crippen LogP contribution in [0.5, 0.6) is 0 Å². The van der Waals surface area contributed by atoms with Gasteiger partial charge in [0.1, 0.15) is 0 Å². The maximum atomic E-state index is 13.1. The van der Waals surface area contributed by atoms with Crippen LogP contribution in [0.3, 0.4) is 0 Å². The first kappa shape index (κ1) is 14.5. The molecule has 1 aliphatic rings. The Hall–Kier alpha value is -2.39. The summed E-state index contributed by atoms with van der Waals surface area (Å²) in [6, 6.07) is 19.6. The first-order chi connectivity index (χ1) is 10.8. The van der Waals surface area contributed by atoms with E-state index in [0.717, 1.165) is 29.9 Å². The highest BCUT2D eigenvalue weighted by Crippen LogP contribution is 2.27. The SMILES string of the molecule is CN1CCC=C(C(=O)N(c2ccccc2)c2ccccc2)C1. The lowest BCUT2D eigenvalue weighted by molar-refractivity contribution is -0.114. The van der Waals surface area contributed by atoms with Gasteiger partial charge in [0.05, 0.1) is 0 Å². The van der Waals surface area contributed by atoms with Crippen LogP contribution in [0, 0.1) is 0 Å². The summed E-state index contributed by atoms with van der Waals surface area (Å²) < 4.78 is 0. The van der Waals surface area contributed by atoms with Gasteiger partial charge in [0, 0.05) is 30.0 Å². The van der Waals surface area contributed by atoms with Crippen molar-refractivity contribution < 1.29 is 4.79 Å². The minimum atomic E-state index is 0.0592. The van der Waals surface area contributed by atoms with Gasteiger partial charge in [-0.3, -0.25) is 9.69 Å². The molecule has 0 bridgehead atoms. The summed E-state index contributed by atoms with van der Waals surface area (Å²) in [4.78, 5) is 17.1. The molecule has 1 amide bonds. The molecule has 0 unspecified atom stereocenters. The average Bonchev–Trinajstić information content (AvgIpc) is 2.57. The van der Waals surface area contributed by atoms with Crippen LogP contribution in [0.25, 0.3) is 0 Å². The first-order valence-corrected chi connectivity index (χ1v) is 7.58. The zero-order valence-corrected chi connectivity index (χ0v) is 12.8. The highest BCUT2D eigenvalue weighted by atomic mass is 16.2. The third-order valence-corrected chi connectivity index (χ3v) is 3.85. The number of rotatable bonds is 3. The summed E-state index contributed by atoms with van der Waals surface area (Å²) in [6.45, 7) is 1.71. The molecule has 0 fully saturated rings. The molecule has 2 aromatic carbocycles. The van der Waals surface area contributed by atoms with Crippen molar-refractivity contribution in [2.45, 2.75) is 6.42 Å². The van der Waals surface area contributed by atoms with Gasteiger partial charge in [0.15, 0.2) is 0 Å².